The van der Waals surface area contributed by atoms with Gasteiger partial charge in [0.1, 0.15) is 0 Å². The van der Waals surface area contributed by atoms with Crippen molar-refractivity contribution in [3.63, 3.8) is 0 Å². The Labute approximate surface area is 60.0 Å². The van der Waals surface area contributed by atoms with E-state index in [4.69, 9.17) is 11.6 Å². The molecule has 0 amide bonds. The van der Waals surface area contributed by atoms with Crippen LogP contribution in [0, 0.1) is 0 Å². The summed E-state index contributed by atoms with van der Waals surface area (Å²) in [5.41, 5.74) is 0.873. The van der Waals surface area contributed by atoms with Crippen LogP contribution in [-0.4, -0.2) is 5.24 Å². The van der Waals surface area contributed by atoms with Crippen molar-refractivity contribution in [1.29, 1.82) is 0 Å². The molecule has 0 N–H and O–H groups in total. The molecule has 0 aromatic heterocycles. The Kier molecular flexibility index (Phi) is 4.06. The summed E-state index contributed by atoms with van der Waals surface area (Å²) in [5.74, 6) is 0. The molecule has 0 heterocycles. The highest BCUT2D eigenvalue weighted by molar-refractivity contribution is 6.66. The molecule has 2 heteroatoms. The predicted molar refractivity (Wildman–Crippen MR) is 39.4 cm³/mol. The first-order valence-corrected chi connectivity index (χ1v) is 3.05. The Morgan fingerprint density at radius 1 is 1.56 bits per heavy atom. The molecule has 0 radical (unpaired) electrons. The molecule has 0 aliphatic carbocycles. The van der Waals surface area contributed by atoms with E-state index in [-0.39, 0.29) is 0 Å². The molecule has 0 rings (SSSR count). The maximum Gasteiger partial charge on any atom is 0.245 e. The highest BCUT2D eigenvalue weighted by Crippen LogP contribution is 1.95. The lowest BCUT2D eigenvalue weighted by molar-refractivity contribution is -0.107. The summed E-state index contributed by atoms with van der Waals surface area (Å²) in [6, 6.07) is 0. The highest BCUT2D eigenvalue weighted by Gasteiger charge is 1.86. The van der Waals surface area contributed by atoms with E-state index in [1.165, 1.54) is 6.08 Å². The van der Waals surface area contributed by atoms with Gasteiger partial charge in [-0.05, 0) is 31.0 Å². The first kappa shape index (κ1) is 8.44. The molecular formula is C7H9ClO. The molecule has 0 bridgehead atoms. The summed E-state index contributed by atoms with van der Waals surface area (Å²) in [4.78, 5) is 10.2. The maximum atomic E-state index is 10.2. The van der Waals surface area contributed by atoms with Crippen molar-refractivity contribution in [2.75, 3.05) is 0 Å². The van der Waals surface area contributed by atoms with E-state index in [0.29, 0.717) is 0 Å². The lowest BCUT2D eigenvalue weighted by Crippen LogP contribution is -1.77. The summed E-state index contributed by atoms with van der Waals surface area (Å²) in [6.45, 7) is 3.70. The lowest BCUT2D eigenvalue weighted by Gasteiger charge is -1.84. The summed E-state index contributed by atoms with van der Waals surface area (Å²) in [5, 5.41) is -0.425. The van der Waals surface area contributed by atoms with E-state index < -0.39 is 5.24 Å². The van der Waals surface area contributed by atoms with Gasteiger partial charge in [-0.2, -0.15) is 0 Å². The van der Waals surface area contributed by atoms with Gasteiger partial charge in [0, 0.05) is 6.08 Å². The normalized spacial score (nSPS) is 12.6. The minimum absolute atomic E-state index is 0.425. The van der Waals surface area contributed by atoms with Gasteiger partial charge in [0.15, 0.2) is 0 Å². The second kappa shape index (κ2) is 4.33. The van der Waals surface area contributed by atoms with Gasteiger partial charge in [-0.25, -0.2) is 0 Å². The van der Waals surface area contributed by atoms with Gasteiger partial charge < -0.3 is 0 Å². The molecule has 0 aliphatic heterocycles. The van der Waals surface area contributed by atoms with Crippen LogP contribution in [0.4, 0.5) is 0 Å². The average Bonchev–Trinajstić information content (AvgIpc) is 1.63. The highest BCUT2D eigenvalue weighted by atomic mass is 35.5. The summed E-state index contributed by atoms with van der Waals surface area (Å²) < 4.78 is 0. The predicted octanol–water partition coefficient (Wildman–Crippen LogP) is 2.27. The summed E-state index contributed by atoms with van der Waals surface area (Å²) in [6.07, 6.45) is 5.05. The van der Waals surface area contributed by atoms with E-state index in [0.717, 1.165) is 5.57 Å². The van der Waals surface area contributed by atoms with Crippen molar-refractivity contribution in [3.8, 4) is 0 Å². The molecule has 1 nitrogen and oxygen atoms in total. The molecule has 0 aromatic carbocycles. The number of rotatable bonds is 2. The molecule has 50 valence electrons. The molecule has 0 fully saturated rings. The standard InChI is InChI=1S/C7H9ClO/c1-3-4-6(2)5-7(8)9/h3-5H,1-2H3/b4-3+,6-5+. The fraction of sp³-hybridized carbons (Fsp3) is 0.286. The third kappa shape index (κ3) is 5.31. The van der Waals surface area contributed by atoms with E-state index in [1.54, 1.807) is 0 Å². The third-order valence-corrected chi connectivity index (χ3v) is 0.880. The van der Waals surface area contributed by atoms with Crippen molar-refractivity contribution in [3.05, 3.63) is 23.8 Å². The van der Waals surface area contributed by atoms with E-state index in [9.17, 15) is 4.79 Å². The largest absolute Gasteiger partial charge is 0.276 e. The zero-order chi connectivity index (χ0) is 7.28. The van der Waals surface area contributed by atoms with Gasteiger partial charge in [-0.3, -0.25) is 4.79 Å². The van der Waals surface area contributed by atoms with Gasteiger partial charge in [-0.1, -0.05) is 12.2 Å². The van der Waals surface area contributed by atoms with Crippen LogP contribution in [0.2, 0.25) is 0 Å². The SMILES string of the molecule is C/C=C/C(C)=C/C(=O)Cl. The van der Waals surface area contributed by atoms with Crippen molar-refractivity contribution < 1.29 is 4.79 Å². The first-order chi connectivity index (χ1) is 4.16. The summed E-state index contributed by atoms with van der Waals surface area (Å²) >= 11 is 5.06. The molecule has 0 aromatic rings. The maximum absolute atomic E-state index is 10.2. The number of hydrogen-bond donors (Lipinski definition) is 0. The molecule has 0 atom stereocenters. The van der Waals surface area contributed by atoms with Crippen molar-refractivity contribution in [2.45, 2.75) is 13.8 Å². The van der Waals surface area contributed by atoms with Crippen LogP contribution in [0.25, 0.3) is 0 Å². The number of carbonyl (C=O) groups is 1. The monoisotopic (exact) mass is 144 g/mol. The Morgan fingerprint density at radius 2 is 2.11 bits per heavy atom. The Morgan fingerprint density at radius 3 is 2.44 bits per heavy atom. The first-order valence-electron chi connectivity index (χ1n) is 2.67. The number of halogens is 1. The van der Waals surface area contributed by atoms with E-state index in [2.05, 4.69) is 0 Å². The molecular weight excluding hydrogens is 136 g/mol. The zero-order valence-electron chi connectivity index (χ0n) is 5.52. The minimum Gasteiger partial charge on any atom is -0.276 e. The van der Waals surface area contributed by atoms with Gasteiger partial charge in [-0.15, -0.1) is 0 Å². The molecule has 9 heavy (non-hydrogen) atoms. The van der Waals surface area contributed by atoms with Gasteiger partial charge in [0.25, 0.3) is 0 Å². The van der Waals surface area contributed by atoms with Gasteiger partial charge in [0.2, 0.25) is 5.24 Å². The fourth-order valence-electron chi connectivity index (χ4n) is 0.490. The van der Waals surface area contributed by atoms with E-state index >= 15 is 0 Å². The topological polar surface area (TPSA) is 17.1 Å². The number of carbonyl (C=O) groups excluding carboxylic acids is 1. The smallest absolute Gasteiger partial charge is 0.245 e. The molecule has 0 aliphatic rings. The number of hydrogen-bond acceptors (Lipinski definition) is 1. The van der Waals surface area contributed by atoms with Crippen LogP contribution >= 0.6 is 11.6 Å². The van der Waals surface area contributed by atoms with Crippen LogP contribution < -0.4 is 0 Å². The average molecular weight is 145 g/mol. The zero-order valence-corrected chi connectivity index (χ0v) is 6.27. The van der Waals surface area contributed by atoms with Crippen LogP contribution in [0.3, 0.4) is 0 Å². The molecule has 0 unspecified atom stereocenters. The van der Waals surface area contributed by atoms with Crippen LogP contribution in [0.1, 0.15) is 13.8 Å². The third-order valence-electron chi connectivity index (χ3n) is 0.771. The van der Waals surface area contributed by atoms with Crippen LogP contribution in [0.5, 0.6) is 0 Å². The van der Waals surface area contributed by atoms with Crippen LogP contribution in [0.15, 0.2) is 23.8 Å². The molecule has 0 spiro atoms. The van der Waals surface area contributed by atoms with Crippen molar-refractivity contribution in [1.82, 2.24) is 0 Å². The second-order valence-electron chi connectivity index (χ2n) is 1.69. The quantitative estimate of drug-likeness (QED) is 0.330. The van der Waals surface area contributed by atoms with Crippen molar-refractivity contribution in [2.24, 2.45) is 0 Å². The second-order valence-corrected chi connectivity index (χ2v) is 2.06. The van der Waals surface area contributed by atoms with Gasteiger partial charge in [0.05, 0.1) is 0 Å². The Bertz CT molecular complexity index is 156. The number of allylic oxidation sites excluding steroid dienone is 4. The fourth-order valence-corrected chi connectivity index (χ4v) is 0.662. The molecule has 0 saturated carbocycles. The lowest BCUT2D eigenvalue weighted by atomic mass is 10.3. The molecule has 0 saturated heterocycles. The van der Waals surface area contributed by atoms with Crippen LogP contribution in [-0.2, 0) is 4.79 Å². The van der Waals surface area contributed by atoms with Crippen molar-refractivity contribution >= 4 is 16.8 Å². The van der Waals surface area contributed by atoms with Gasteiger partial charge >= 0.3 is 0 Å². The summed E-state index contributed by atoms with van der Waals surface area (Å²) in [7, 11) is 0. The Balaban J connectivity index is 4.00. The minimum atomic E-state index is -0.425. The Hall–Kier alpha value is -0.560. The van der Waals surface area contributed by atoms with E-state index in [1.807, 2.05) is 26.0 Å².